The molecule has 0 aliphatic carbocycles. The first-order valence-electron chi connectivity index (χ1n) is 10.8. The van der Waals surface area contributed by atoms with Gasteiger partial charge in [0.05, 0.1) is 16.9 Å². The van der Waals surface area contributed by atoms with Crippen molar-refractivity contribution in [1.82, 2.24) is 10.2 Å². The Morgan fingerprint density at radius 2 is 1.53 bits per heavy atom. The summed E-state index contributed by atoms with van der Waals surface area (Å²) < 4.78 is 14.3. The molecule has 6 heteroatoms. The van der Waals surface area contributed by atoms with E-state index in [2.05, 4.69) is 20.8 Å². The van der Waals surface area contributed by atoms with Crippen molar-refractivity contribution in [3.05, 3.63) is 120 Å². The first-order chi connectivity index (χ1) is 16.7. The van der Waals surface area contributed by atoms with Crippen molar-refractivity contribution in [3.8, 4) is 0 Å². The van der Waals surface area contributed by atoms with Crippen LogP contribution in [0.1, 0.15) is 21.6 Å². The molecule has 0 spiro atoms. The quantitative estimate of drug-likeness (QED) is 0.265. The van der Waals surface area contributed by atoms with E-state index in [0.29, 0.717) is 11.3 Å². The molecule has 0 fully saturated rings. The van der Waals surface area contributed by atoms with E-state index >= 15 is 0 Å². The van der Waals surface area contributed by atoms with Crippen LogP contribution in [0.5, 0.6) is 0 Å². The predicted molar refractivity (Wildman–Crippen MR) is 136 cm³/mol. The average Bonchev–Trinajstić information content (AvgIpc) is 3.28. The average molecular weight is 449 g/mol. The van der Waals surface area contributed by atoms with Crippen LogP contribution in [0.3, 0.4) is 0 Å². The van der Waals surface area contributed by atoms with E-state index in [1.165, 1.54) is 6.07 Å². The molecular weight excluding hydrogens is 427 g/mol. The summed E-state index contributed by atoms with van der Waals surface area (Å²) in [5.74, 6) is -0.875. The molecule has 1 heterocycles. The van der Waals surface area contributed by atoms with E-state index in [0.717, 1.165) is 27.8 Å². The number of hydrogen-bond donors (Lipinski definition) is 3. The third-order valence-corrected chi connectivity index (χ3v) is 5.36. The van der Waals surface area contributed by atoms with Gasteiger partial charge in [-0.05, 0) is 60.2 Å². The van der Waals surface area contributed by atoms with Crippen LogP contribution >= 0.6 is 0 Å². The molecule has 5 nitrogen and oxygen atoms in total. The molecule has 34 heavy (non-hydrogen) atoms. The van der Waals surface area contributed by atoms with Crippen LogP contribution in [0, 0.1) is 5.82 Å². The van der Waals surface area contributed by atoms with Gasteiger partial charge in [0.2, 0.25) is 0 Å². The van der Waals surface area contributed by atoms with E-state index in [9.17, 15) is 9.18 Å². The molecule has 0 unspecified atom stereocenters. The number of carbonyl (C=O) groups excluding carboxylic acids is 1. The molecule has 0 saturated heterocycles. The summed E-state index contributed by atoms with van der Waals surface area (Å²) in [6, 6.07) is 29.1. The smallest absolute Gasteiger partial charge is 0.255 e. The van der Waals surface area contributed by atoms with Crippen molar-refractivity contribution in [2.24, 2.45) is 0 Å². The zero-order valence-corrected chi connectivity index (χ0v) is 18.1. The highest BCUT2D eigenvalue weighted by Crippen LogP contribution is 2.27. The molecule has 0 atom stereocenters. The molecule has 5 rings (SSSR count). The topological polar surface area (TPSA) is 69.8 Å². The highest BCUT2D eigenvalue weighted by atomic mass is 19.1. The molecular formula is C28H21FN4O. The van der Waals surface area contributed by atoms with Crippen LogP contribution < -0.4 is 10.6 Å². The second-order valence-electron chi connectivity index (χ2n) is 7.75. The van der Waals surface area contributed by atoms with Gasteiger partial charge < -0.3 is 10.6 Å². The Bertz CT molecular complexity index is 1480. The van der Waals surface area contributed by atoms with Crippen LogP contribution in [0.2, 0.25) is 0 Å². The molecule has 0 saturated carbocycles. The summed E-state index contributed by atoms with van der Waals surface area (Å²) in [5, 5.41) is 14.4. The summed E-state index contributed by atoms with van der Waals surface area (Å²) in [7, 11) is 0. The molecule has 1 aromatic heterocycles. The summed E-state index contributed by atoms with van der Waals surface area (Å²) in [5.41, 5.74) is 4.84. The fourth-order valence-corrected chi connectivity index (χ4v) is 3.63. The molecule has 5 aromatic rings. The Morgan fingerprint density at radius 3 is 2.32 bits per heavy atom. The number of hydrogen-bond acceptors (Lipinski definition) is 3. The molecule has 1 amide bonds. The summed E-state index contributed by atoms with van der Waals surface area (Å²) in [4.78, 5) is 12.4. The summed E-state index contributed by atoms with van der Waals surface area (Å²) in [6.45, 7) is 0. The lowest BCUT2D eigenvalue weighted by atomic mass is 10.1. The number of fused-ring (bicyclic) bond motifs is 1. The number of amides is 1. The van der Waals surface area contributed by atoms with Crippen molar-refractivity contribution in [3.63, 3.8) is 0 Å². The van der Waals surface area contributed by atoms with Gasteiger partial charge in [0.25, 0.3) is 5.91 Å². The van der Waals surface area contributed by atoms with Crippen LogP contribution in [-0.4, -0.2) is 16.1 Å². The Hall–Kier alpha value is -4.71. The number of halogens is 1. The highest BCUT2D eigenvalue weighted by molar-refractivity contribution is 6.04. The molecule has 0 aliphatic rings. The van der Waals surface area contributed by atoms with Gasteiger partial charge in [0, 0.05) is 22.3 Å². The van der Waals surface area contributed by atoms with E-state index in [4.69, 9.17) is 0 Å². The first kappa shape index (κ1) is 21.2. The van der Waals surface area contributed by atoms with Gasteiger partial charge >= 0.3 is 0 Å². The SMILES string of the molecule is O=C(Nc1cc(Nc2ccc3c(C=Cc4ccccc4)n[nH]c3c2)ccc1F)c1ccccc1. The highest BCUT2D eigenvalue weighted by Gasteiger charge is 2.11. The van der Waals surface area contributed by atoms with Gasteiger partial charge in [-0.2, -0.15) is 5.10 Å². The third-order valence-electron chi connectivity index (χ3n) is 5.36. The fourth-order valence-electron chi connectivity index (χ4n) is 3.63. The zero-order chi connectivity index (χ0) is 23.3. The van der Waals surface area contributed by atoms with Gasteiger partial charge in [0.1, 0.15) is 5.82 Å². The van der Waals surface area contributed by atoms with E-state index in [-0.39, 0.29) is 11.6 Å². The maximum atomic E-state index is 14.3. The van der Waals surface area contributed by atoms with E-state index in [1.807, 2.05) is 66.7 Å². The Morgan fingerprint density at radius 1 is 0.824 bits per heavy atom. The minimum atomic E-state index is -0.506. The lowest BCUT2D eigenvalue weighted by Gasteiger charge is -2.11. The predicted octanol–water partition coefficient (Wildman–Crippen LogP) is 6.87. The van der Waals surface area contributed by atoms with Gasteiger partial charge in [-0.25, -0.2) is 4.39 Å². The molecule has 3 N–H and O–H groups in total. The van der Waals surface area contributed by atoms with Crippen molar-refractivity contribution in [2.45, 2.75) is 0 Å². The summed E-state index contributed by atoms with van der Waals surface area (Å²) in [6.07, 6.45) is 3.99. The van der Waals surface area contributed by atoms with Crippen molar-refractivity contribution >= 4 is 46.0 Å². The largest absolute Gasteiger partial charge is 0.355 e. The maximum absolute atomic E-state index is 14.3. The number of nitrogens with zero attached hydrogens (tertiary/aromatic N) is 1. The maximum Gasteiger partial charge on any atom is 0.255 e. The van der Waals surface area contributed by atoms with E-state index < -0.39 is 5.82 Å². The molecule has 0 aliphatic heterocycles. The lowest BCUT2D eigenvalue weighted by molar-refractivity contribution is 0.102. The van der Waals surface area contributed by atoms with Crippen LogP contribution in [0.25, 0.3) is 23.1 Å². The third kappa shape index (κ3) is 4.71. The van der Waals surface area contributed by atoms with Crippen LogP contribution in [0.4, 0.5) is 21.5 Å². The summed E-state index contributed by atoms with van der Waals surface area (Å²) >= 11 is 0. The second kappa shape index (κ2) is 9.42. The van der Waals surface area contributed by atoms with Gasteiger partial charge in [-0.3, -0.25) is 9.89 Å². The number of benzene rings is 4. The molecule has 0 radical (unpaired) electrons. The molecule has 4 aromatic carbocycles. The number of aromatic nitrogens is 2. The number of rotatable bonds is 6. The number of H-pyrrole nitrogens is 1. The van der Waals surface area contributed by atoms with Crippen molar-refractivity contribution in [2.75, 3.05) is 10.6 Å². The monoisotopic (exact) mass is 448 g/mol. The second-order valence-corrected chi connectivity index (χ2v) is 7.75. The normalized spacial score (nSPS) is 11.1. The van der Waals surface area contributed by atoms with Gasteiger partial charge in [-0.15, -0.1) is 0 Å². The number of anilines is 3. The Kier molecular flexibility index (Phi) is 5.86. The van der Waals surface area contributed by atoms with Crippen molar-refractivity contribution in [1.29, 1.82) is 0 Å². The Balaban J connectivity index is 1.33. The minimum Gasteiger partial charge on any atom is -0.355 e. The van der Waals surface area contributed by atoms with Gasteiger partial charge in [-0.1, -0.05) is 54.6 Å². The lowest BCUT2D eigenvalue weighted by Crippen LogP contribution is -2.13. The number of aromatic amines is 1. The minimum absolute atomic E-state index is 0.106. The Labute approximate surface area is 196 Å². The number of carbonyl (C=O) groups is 1. The molecule has 0 bridgehead atoms. The van der Waals surface area contributed by atoms with Crippen LogP contribution in [0.15, 0.2) is 97.1 Å². The van der Waals surface area contributed by atoms with Crippen molar-refractivity contribution < 1.29 is 9.18 Å². The first-order valence-corrected chi connectivity index (χ1v) is 10.8. The fraction of sp³-hybridized carbons (Fsp3) is 0. The van der Waals surface area contributed by atoms with Crippen LogP contribution in [-0.2, 0) is 0 Å². The van der Waals surface area contributed by atoms with Gasteiger partial charge in [0.15, 0.2) is 0 Å². The zero-order valence-electron chi connectivity index (χ0n) is 18.1. The number of nitrogens with one attached hydrogen (secondary N) is 3. The van der Waals surface area contributed by atoms with E-state index in [1.54, 1.807) is 36.4 Å². The standard InChI is InChI=1S/C28H21FN4O/c29-24-15-13-22(18-27(24)31-28(34)20-9-5-2-6-10-20)30-21-12-14-23-25(32-33-26(23)17-21)16-11-19-7-3-1-4-8-19/h1-18,30H,(H,31,34)(H,32,33). The molecule has 166 valence electrons.